The highest BCUT2D eigenvalue weighted by atomic mass is 19.1. The van der Waals surface area contributed by atoms with Crippen LogP contribution in [0.4, 0.5) is 4.39 Å². The Hall–Kier alpha value is -4.27. The number of hydrogen-bond donors (Lipinski definition) is 3. The second kappa shape index (κ2) is 7.70. The lowest BCUT2D eigenvalue weighted by atomic mass is 10.0. The second-order valence-electron chi connectivity index (χ2n) is 8.05. The molecule has 0 aliphatic rings. The number of phenols is 1. The highest BCUT2D eigenvalue weighted by Gasteiger charge is 2.25. The average Bonchev–Trinajstić information content (AvgIpc) is 3.39. The number of carboxylic acid groups (broad SMARTS) is 1. The lowest BCUT2D eigenvalue weighted by Gasteiger charge is -2.18. The van der Waals surface area contributed by atoms with Crippen LogP contribution >= 0.6 is 0 Å². The summed E-state index contributed by atoms with van der Waals surface area (Å²) in [6, 6.07) is 7.75. The van der Waals surface area contributed by atoms with Crippen LogP contribution in [0.15, 0.2) is 55.1 Å². The molecule has 0 radical (unpaired) electrons. The van der Waals surface area contributed by atoms with E-state index in [-0.39, 0.29) is 5.75 Å². The number of aliphatic carboxylic acids is 1. The molecule has 8 nitrogen and oxygen atoms in total. The summed E-state index contributed by atoms with van der Waals surface area (Å²) in [6.07, 6.45) is 6.30. The molecule has 0 bridgehead atoms. The van der Waals surface area contributed by atoms with Crippen molar-refractivity contribution in [2.75, 3.05) is 0 Å². The molecule has 9 heteroatoms. The molecule has 4 aromatic heterocycles. The number of aromatic hydroxyl groups is 1. The summed E-state index contributed by atoms with van der Waals surface area (Å²) in [6.45, 7) is 3.46. The maximum atomic E-state index is 13.8. The smallest absolute Gasteiger partial charge is 0.308 e. The number of nitrogens with zero attached hydrogens (tertiary/aromatic N) is 4. The Bertz CT molecular complexity index is 1520. The zero-order valence-electron chi connectivity index (χ0n) is 17.8. The Morgan fingerprint density at radius 1 is 1.12 bits per heavy atom. The summed E-state index contributed by atoms with van der Waals surface area (Å²) >= 11 is 0. The number of phenolic OH excluding ortho intramolecular Hbond substituents is 1. The number of carbonyl (C=O) groups is 1. The third-order valence-electron chi connectivity index (χ3n) is 6.02. The van der Waals surface area contributed by atoms with E-state index in [0.717, 1.165) is 17.3 Å². The molecular formula is C24H20FN5O3. The number of aromatic amines is 1. The van der Waals surface area contributed by atoms with Crippen molar-refractivity contribution in [3.05, 3.63) is 60.9 Å². The van der Waals surface area contributed by atoms with Crippen LogP contribution in [0.5, 0.6) is 5.75 Å². The lowest BCUT2D eigenvalue weighted by Crippen LogP contribution is -2.21. The minimum absolute atomic E-state index is 0.117. The topological polar surface area (TPSA) is 117 Å². The largest absolute Gasteiger partial charge is 0.508 e. The minimum Gasteiger partial charge on any atom is -0.508 e. The number of hydrogen-bond acceptors (Lipinski definition) is 5. The van der Waals surface area contributed by atoms with E-state index in [1.807, 2.05) is 23.8 Å². The molecule has 0 amide bonds. The normalized spacial score (nSPS) is 13.4. The van der Waals surface area contributed by atoms with E-state index in [4.69, 9.17) is 4.98 Å². The Morgan fingerprint density at radius 2 is 1.94 bits per heavy atom. The van der Waals surface area contributed by atoms with Crippen LogP contribution in [0.1, 0.15) is 19.9 Å². The monoisotopic (exact) mass is 445 g/mol. The molecule has 0 spiro atoms. The number of nitrogens with one attached hydrogen (secondary N) is 1. The minimum atomic E-state index is -0.921. The number of fused-ring (bicyclic) bond motifs is 2. The number of H-pyrrole nitrogens is 1. The molecular weight excluding hydrogens is 425 g/mol. The summed E-state index contributed by atoms with van der Waals surface area (Å²) in [5.74, 6) is -1.59. The van der Waals surface area contributed by atoms with Gasteiger partial charge in [0.2, 0.25) is 0 Å². The van der Waals surface area contributed by atoms with Crippen LogP contribution < -0.4 is 0 Å². The van der Waals surface area contributed by atoms with Gasteiger partial charge in [0.25, 0.3) is 0 Å². The van der Waals surface area contributed by atoms with Crippen molar-refractivity contribution >= 4 is 28.0 Å². The molecule has 0 aliphatic carbocycles. The van der Waals surface area contributed by atoms with Gasteiger partial charge in [-0.3, -0.25) is 4.79 Å². The van der Waals surface area contributed by atoms with Crippen molar-refractivity contribution in [3.63, 3.8) is 0 Å². The molecule has 0 aliphatic heterocycles. The first kappa shape index (κ1) is 20.6. The SMILES string of the molecule is C[C@H]([C@@H](C)C(=O)O)n1cc(-c2cccc(O)c2)c2cnc(-c3c[nH]c4ncc(F)cc34)nc21. The van der Waals surface area contributed by atoms with Gasteiger partial charge >= 0.3 is 5.97 Å². The predicted molar refractivity (Wildman–Crippen MR) is 121 cm³/mol. The van der Waals surface area contributed by atoms with Crippen LogP contribution in [0.3, 0.4) is 0 Å². The van der Waals surface area contributed by atoms with E-state index in [2.05, 4.69) is 15.0 Å². The van der Waals surface area contributed by atoms with Gasteiger partial charge < -0.3 is 19.8 Å². The molecule has 0 saturated carbocycles. The summed E-state index contributed by atoms with van der Waals surface area (Å²) in [5, 5.41) is 20.8. The van der Waals surface area contributed by atoms with Gasteiger partial charge in [-0.05, 0) is 37.6 Å². The molecule has 0 unspecified atom stereocenters. The van der Waals surface area contributed by atoms with E-state index >= 15 is 0 Å². The first-order chi connectivity index (χ1) is 15.8. The summed E-state index contributed by atoms with van der Waals surface area (Å²) in [7, 11) is 0. The molecule has 2 atom stereocenters. The predicted octanol–water partition coefficient (Wildman–Crippen LogP) is 4.77. The molecule has 33 heavy (non-hydrogen) atoms. The van der Waals surface area contributed by atoms with Gasteiger partial charge in [-0.25, -0.2) is 19.3 Å². The number of aromatic nitrogens is 5. The number of pyridine rings is 1. The highest BCUT2D eigenvalue weighted by molar-refractivity contribution is 5.97. The standard InChI is InChI=1S/C24H20FN5O3/c1-12(24(32)33)13(2)30-11-20(14-4-3-5-16(31)6-14)19-10-28-22(29-23(19)30)18-9-27-21-17(18)7-15(25)8-26-21/h3-13,31H,1-2H3,(H,26,27)(H,32,33)/t12-,13-/m1/s1. The van der Waals surface area contributed by atoms with Gasteiger partial charge in [-0.15, -0.1) is 0 Å². The number of benzene rings is 1. The maximum absolute atomic E-state index is 13.8. The van der Waals surface area contributed by atoms with E-state index in [1.165, 1.54) is 6.07 Å². The average molecular weight is 445 g/mol. The zero-order valence-corrected chi connectivity index (χ0v) is 17.8. The summed E-state index contributed by atoms with van der Waals surface area (Å²) < 4.78 is 15.6. The van der Waals surface area contributed by atoms with E-state index in [1.54, 1.807) is 37.5 Å². The quantitative estimate of drug-likeness (QED) is 0.359. The van der Waals surface area contributed by atoms with Crippen molar-refractivity contribution in [2.45, 2.75) is 19.9 Å². The lowest BCUT2D eigenvalue weighted by molar-refractivity contribution is -0.142. The van der Waals surface area contributed by atoms with Crippen molar-refractivity contribution in [1.82, 2.24) is 24.5 Å². The fourth-order valence-electron chi connectivity index (χ4n) is 3.98. The fourth-order valence-corrected chi connectivity index (χ4v) is 3.98. The molecule has 166 valence electrons. The second-order valence-corrected chi connectivity index (χ2v) is 8.05. The molecule has 5 aromatic rings. The molecule has 3 N–H and O–H groups in total. The van der Waals surface area contributed by atoms with Gasteiger partial charge in [0.15, 0.2) is 5.82 Å². The third-order valence-corrected chi connectivity index (χ3v) is 6.02. The van der Waals surface area contributed by atoms with Crippen molar-refractivity contribution in [3.8, 4) is 28.3 Å². The maximum Gasteiger partial charge on any atom is 0.308 e. The van der Waals surface area contributed by atoms with Crippen LogP contribution in [-0.2, 0) is 4.79 Å². The van der Waals surface area contributed by atoms with Crippen molar-refractivity contribution in [2.24, 2.45) is 5.92 Å². The molecule has 4 heterocycles. The Labute approximate surface area is 187 Å². The van der Waals surface area contributed by atoms with Crippen molar-refractivity contribution < 1.29 is 19.4 Å². The van der Waals surface area contributed by atoms with Crippen LogP contribution in [-0.4, -0.2) is 40.7 Å². The number of halogens is 1. The Morgan fingerprint density at radius 3 is 2.70 bits per heavy atom. The molecule has 0 fully saturated rings. The van der Waals surface area contributed by atoms with Gasteiger partial charge in [0.05, 0.1) is 12.1 Å². The van der Waals surface area contributed by atoms with Gasteiger partial charge in [0.1, 0.15) is 22.9 Å². The zero-order chi connectivity index (χ0) is 23.3. The van der Waals surface area contributed by atoms with Gasteiger partial charge in [-0.1, -0.05) is 12.1 Å². The molecule has 1 aromatic carbocycles. The van der Waals surface area contributed by atoms with E-state index in [9.17, 15) is 19.4 Å². The van der Waals surface area contributed by atoms with E-state index < -0.39 is 23.7 Å². The van der Waals surface area contributed by atoms with Gasteiger partial charge in [-0.2, -0.15) is 0 Å². The van der Waals surface area contributed by atoms with Crippen LogP contribution in [0.25, 0.3) is 44.6 Å². The van der Waals surface area contributed by atoms with Gasteiger partial charge in [0, 0.05) is 46.5 Å². The first-order valence-corrected chi connectivity index (χ1v) is 10.4. The Kier molecular flexibility index (Phi) is 4.81. The third kappa shape index (κ3) is 3.47. The van der Waals surface area contributed by atoms with Crippen molar-refractivity contribution in [1.29, 1.82) is 0 Å². The van der Waals surface area contributed by atoms with E-state index in [0.29, 0.717) is 33.5 Å². The fraction of sp³-hybridized carbons (Fsp3) is 0.167. The first-order valence-electron chi connectivity index (χ1n) is 10.4. The summed E-state index contributed by atoms with van der Waals surface area (Å²) in [4.78, 5) is 28.0. The molecule has 5 rings (SSSR count). The number of carboxylic acids is 1. The van der Waals surface area contributed by atoms with Crippen LogP contribution in [0.2, 0.25) is 0 Å². The number of rotatable bonds is 5. The highest BCUT2D eigenvalue weighted by Crippen LogP contribution is 2.36. The van der Waals surface area contributed by atoms with Crippen LogP contribution in [0, 0.1) is 11.7 Å². The summed E-state index contributed by atoms with van der Waals surface area (Å²) in [5.41, 5.74) is 3.16. The molecule has 0 saturated heterocycles. The Balaban J connectivity index is 1.75.